The fourth-order valence-corrected chi connectivity index (χ4v) is 5.96. The van der Waals surface area contributed by atoms with Gasteiger partial charge >= 0.3 is 0 Å². The Labute approximate surface area is 205 Å². The number of sulfonamides is 1. The molecular formula is C26H27N3O5S. The van der Waals surface area contributed by atoms with Crippen molar-refractivity contribution in [2.24, 2.45) is 0 Å². The third-order valence-electron chi connectivity index (χ3n) is 6.16. The Morgan fingerprint density at radius 1 is 0.943 bits per heavy atom. The van der Waals surface area contributed by atoms with E-state index in [2.05, 4.69) is 5.32 Å². The lowest BCUT2D eigenvalue weighted by atomic mass is 10.1. The molecule has 0 bridgehead atoms. The van der Waals surface area contributed by atoms with Crippen LogP contribution in [0.25, 0.3) is 0 Å². The van der Waals surface area contributed by atoms with E-state index in [1.165, 1.54) is 4.31 Å². The van der Waals surface area contributed by atoms with Crippen LogP contribution in [0, 0.1) is 0 Å². The average Bonchev–Trinajstić information content (AvgIpc) is 2.90. The molecule has 1 amide bonds. The molecule has 2 aliphatic heterocycles. The van der Waals surface area contributed by atoms with Gasteiger partial charge in [-0.1, -0.05) is 54.6 Å². The summed E-state index contributed by atoms with van der Waals surface area (Å²) in [4.78, 5) is 14.3. The predicted molar refractivity (Wildman–Crippen MR) is 131 cm³/mol. The van der Waals surface area contributed by atoms with Crippen molar-refractivity contribution in [2.45, 2.75) is 17.6 Å². The molecule has 1 N–H and O–H groups in total. The molecule has 1 fully saturated rings. The number of carbonyl (C=O) groups is 1. The first-order chi connectivity index (χ1) is 17.0. The first-order valence-electron chi connectivity index (χ1n) is 11.5. The van der Waals surface area contributed by atoms with Crippen LogP contribution in [0.2, 0.25) is 0 Å². The van der Waals surface area contributed by atoms with Gasteiger partial charge in [-0.25, -0.2) is 8.42 Å². The molecule has 9 heteroatoms. The van der Waals surface area contributed by atoms with Gasteiger partial charge in [0.2, 0.25) is 10.0 Å². The summed E-state index contributed by atoms with van der Waals surface area (Å²) >= 11 is 0. The number of amides is 1. The molecule has 0 unspecified atom stereocenters. The number of nitrogens with zero attached hydrogens (tertiary/aromatic N) is 2. The van der Waals surface area contributed by atoms with E-state index in [9.17, 15) is 13.2 Å². The number of carbonyl (C=O) groups excluding carboxylic acids is 1. The van der Waals surface area contributed by atoms with Gasteiger partial charge in [0.15, 0.2) is 6.61 Å². The number of para-hydroxylation sites is 1. The maximum atomic E-state index is 13.6. The van der Waals surface area contributed by atoms with Crippen molar-refractivity contribution in [2.75, 3.05) is 38.2 Å². The number of nitrogens with one attached hydrogen (secondary N) is 1. The van der Waals surface area contributed by atoms with Gasteiger partial charge in [0, 0.05) is 19.6 Å². The lowest BCUT2D eigenvalue weighted by molar-refractivity contribution is -0.137. The minimum Gasteiger partial charge on any atom is -0.484 e. The molecule has 5 rings (SSSR count). The average molecular weight is 494 g/mol. The fraction of sp³-hybridized carbons (Fsp3) is 0.269. The van der Waals surface area contributed by atoms with Crippen LogP contribution in [0.15, 0.2) is 83.8 Å². The van der Waals surface area contributed by atoms with E-state index >= 15 is 0 Å². The van der Waals surface area contributed by atoms with Crippen molar-refractivity contribution >= 4 is 21.6 Å². The third-order valence-corrected chi connectivity index (χ3v) is 8.03. The number of hydrogen-bond donors (Lipinski definition) is 1. The lowest BCUT2D eigenvalue weighted by Crippen LogP contribution is -2.43. The summed E-state index contributed by atoms with van der Waals surface area (Å²) in [6, 6.07) is 23.6. The summed E-state index contributed by atoms with van der Waals surface area (Å²) in [5.74, 6) is 0.465. The number of benzene rings is 3. The Morgan fingerprint density at radius 2 is 1.63 bits per heavy atom. The number of anilines is 1. The maximum absolute atomic E-state index is 13.6. The second kappa shape index (κ2) is 10.1. The third kappa shape index (κ3) is 5.02. The fourth-order valence-electron chi connectivity index (χ4n) is 4.28. The highest BCUT2D eigenvalue weighted by molar-refractivity contribution is 7.89. The van der Waals surface area contributed by atoms with Crippen LogP contribution in [0.3, 0.4) is 0 Å². The van der Waals surface area contributed by atoms with Crippen LogP contribution >= 0.6 is 0 Å². The first-order valence-corrected chi connectivity index (χ1v) is 13.0. The van der Waals surface area contributed by atoms with Crippen molar-refractivity contribution in [1.82, 2.24) is 9.21 Å². The summed E-state index contributed by atoms with van der Waals surface area (Å²) in [5, 5.41) is 3.39. The van der Waals surface area contributed by atoms with Crippen LogP contribution < -0.4 is 10.1 Å². The molecule has 8 nitrogen and oxygen atoms in total. The molecule has 0 aliphatic carbocycles. The molecule has 0 aromatic heterocycles. The molecular weight excluding hydrogens is 466 g/mol. The summed E-state index contributed by atoms with van der Waals surface area (Å²) in [6.07, 6.45) is -0.598. The van der Waals surface area contributed by atoms with Gasteiger partial charge in [-0.2, -0.15) is 4.31 Å². The summed E-state index contributed by atoms with van der Waals surface area (Å²) in [7, 11) is -3.74. The van der Waals surface area contributed by atoms with Crippen molar-refractivity contribution in [3.63, 3.8) is 0 Å². The Kier molecular flexibility index (Phi) is 6.72. The van der Waals surface area contributed by atoms with Crippen LogP contribution in [-0.2, 0) is 26.1 Å². The van der Waals surface area contributed by atoms with Gasteiger partial charge in [0.05, 0.1) is 18.9 Å². The first kappa shape index (κ1) is 23.3. The Hall–Kier alpha value is -3.40. The highest BCUT2D eigenvalue weighted by Gasteiger charge is 2.38. The quantitative estimate of drug-likeness (QED) is 0.567. The molecule has 2 heterocycles. The van der Waals surface area contributed by atoms with Crippen LogP contribution in [0.5, 0.6) is 5.75 Å². The summed E-state index contributed by atoms with van der Waals surface area (Å²) < 4.78 is 39.6. The van der Waals surface area contributed by atoms with Crippen LogP contribution in [-0.4, -0.2) is 56.4 Å². The van der Waals surface area contributed by atoms with E-state index < -0.39 is 16.2 Å². The Balaban J connectivity index is 1.37. The van der Waals surface area contributed by atoms with Crippen molar-refractivity contribution in [1.29, 1.82) is 0 Å². The number of fused-ring (bicyclic) bond motifs is 1. The topological polar surface area (TPSA) is 88.2 Å². The van der Waals surface area contributed by atoms with Gasteiger partial charge in [-0.3, -0.25) is 4.79 Å². The molecule has 35 heavy (non-hydrogen) atoms. The molecule has 1 atom stereocenters. The second-order valence-electron chi connectivity index (χ2n) is 8.43. The minimum absolute atomic E-state index is 0.0527. The van der Waals surface area contributed by atoms with Gasteiger partial charge in [0.1, 0.15) is 16.8 Å². The highest BCUT2D eigenvalue weighted by Crippen LogP contribution is 2.39. The second-order valence-corrected chi connectivity index (χ2v) is 10.3. The highest BCUT2D eigenvalue weighted by atomic mass is 32.2. The zero-order valence-corrected chi connectivity index (χ0v) is 20.0. The number of rotatable bonds is 6. The van der Waals surface area contributed by atoms with E-state index in [1.807, 2.05) is 48.5 Å². The van der Waals surface area contributed by atoms with Crippen LogP contribution in [0.4, 0.5) is 5.69 Å². The van der Waals surface area contributed by atoms with E-state index in [0.717, 1.165) is 11.1 Å². The molecule has 0 radical (unpaired) electrons. The molecule has 0 saturated carbocycles. The SMILES string of the molecule is O=C(COc1ccc([C@@H]2Nc3ccccc3S(=O)(=O)N2Cc2ccccc2)cc1)N1CCOCC1. The van der Waals surface area contributed by atoms with E-state index in [0.29, 0.717) is 37.7 Å². The Morgan fingerprint density at radius 3 is 2.37 bits per heavy atom. The lowest BCUT2D eigenvalue weighted by Gasteiger charge is -2.37. The van der Waals surface area contributed by atoms with E-state index in [4.69, 9.17) is 9.47 Å². The van der Waals surface area contributed by atoms with Gasteiger partial charge in [-0.05, 0) is 35.4 Å². The Bertz CT molecular complexity index is 1280. The minimum atomic E-state index is -3.74. The zero-order chi connectivity index (χ0) is 24.3. The van der Waals surface area contributed by atoms with Gasteiger partial charge in [0.25, 0.3) is 5.91 Å². The number of hydrogen-bond acceptors (Lipinski definition) is 6. The maximum Gasteiger partial charge on any atom is 0.260 e. The molecule has 0 spiro atoms. The molecule has 3 aromatic carbocycles. The molecule has 2 aliphatic rings. The van der Waals surface area contributed by atoms with E-state index in [1.54, 1.807) is 35.2 Å². The van der Waals surface area contributed by atoms with Crippen molar-refractivity contribution < 1.29 is 22.7 Å². The largest absolute Gasteiger partial charge is 0.484 e. The zero-order valence-electron chi connectivity index (χ0n) is 19.2. The van der Waals surface area contributed by atoms with Gasteiger partial charge in [-0.15, -0.1) is 0 Å². The smallest absolute Gasteiger partial charge is 0.260 e. The van der Waals surface area contributed by atoms with E-state index in [-0.39, 0.29) is 24.0 Å². The number of morpholine rings is 1. The normalized spacial score (nSPS) is 19.4. The molecule has 182 valence electrons. The van der Waals surface area contributed by atoms with Gasteiger partial charge < -0.3 is 19.7 Å². The van der Waals surface area contributed by atoms with Crippen molar-refractivity contribution in [3.8, 4) is 5.75 Å². The molecule has 1 saturated heterocycles. The summed E-state index contributed by atoms with van der Waals surface area (Å²) in [6.45, 7) is 2.40. The van der Waals surface area contributed by atoms with Crippen LogP contribution in [0.1, 0.15) is 17.3 Å². The molecule has 3 aromatic rings. The monoisotopic (exact) mass is 493 g/mol. The van der Waals surface area contributed by atoms with Crippen molar-refractivity contribution in [3.05, 3.63) is 90.0 Å². The number of ether oxygens (including phenoxy) is 2. The summed E-state index contributed by atoms with van der Waals surface area (Å²) in [5.41, 5.74) is 2.23. The standard InChI is InChI=1S/C26H27N3O5S/c30-25(28-14-16-33-17-15-28)19-34-22-12-10-21(11-13-22)26-27-23-8-4-5-9-24(23)35(31,32)29(26)18-20-6-2-1-3-7-20/h1-13,26-27H,14-19H2/t26-/m1/s1. The predicted octanol–water partition coefficient (Wildman–Crippen LogP) is 3.24.